The Morgan fingerprint density at radius 2 is 1.57 bits per heavy atom. The van der Waals surface area contributed by atoms with Gasteiger partial charge in [0.2, 0.25) is 0 Å². The van der Waals surface area contributed by atoms with Crippen LogP contribution >= 0.6 is 11.6 Å². The Kier molecular flexibility index (Phi) is 7.65. The number of rotatable bonds is 7. The molecule has 0 spiro atoms. The monoisotopic (exact) mass is 486 g/mol. The number of benzene rings is 4. The van der Waals surface area contributed by atoms with Gasteiger partial charge in [0.25, 0.3) is 5.91 Å². The van der Waals surface area contributed by atoms with Crippen LogP contribution in [0.3, 0.4) is 0 Å². The van der Waals surface area contributed by atoms with E-state index in [-0.39, 0.29) is 6.61 Å². The zero-order valence-electron chi connectivity index (χ0n) is 19.0. The molecule has 4 rings (SSSR count). The first-order valence-electron chi connectivity index (χ1n) is 10.9. The zero-order valence-corrected chi connectivity index (χ0v) is 19.7. The molecule has 0 aliphatic carbocycles. The molecule has 0 saturated heterocycles. The number of para-hydroxylation sites is 1. The molecule has 35 heavy (non-hydrogen) atoms. The number of hydrogen-bond acceptors (Lipinski definition) is 4. The average Bonchev–Trinajstić information content (AvgIpc) is 2.88. The maximum Gasteiger partial charge on any atom is 0.326 e. The SMILES string of the molecule is COc1cc(NC(=O)NC(=O)c2ccccc2COc2ccccc2)ccc1-c1ccc(Cl)cc1. The normalized spacial score (nSPS) is 10.3. The molecule has 6 nitrogen and oxygen atoms in total. The summed E-state index contributed by atoms with van der Waals surface area (Å²) in [5.74, 6) is 0.732. The Bertz CT molecular complexity index is 1320. The van der Waals surface area contributed by atoms with E-state index in [0.717, 1.165) is 11.1 Å². The van der Waals surface area contributed by atoms with Crippen LogP contribution in [0.2, 0.25) is 5.02 Å². The van der Waals surface area contributed by atoms with Crippen molar-refractivity contribution in [3.63, 3.8) is 0 Å². The number of nitrogens with one attached hydrogen (secondary N) is 2. The number of ether oxygens (including phenoxy) is 2. The van der Waals surface area contributed by atoms with Crippen LogP contribution in [0.15, 0.2) is 97.1 Å². The number of anilines is 1. The summed E-state index contributed by atoms with van der Waals surface area (Å²) in [6, 6.07) is 28.3. The van der Waals surface area contributed by atoms with Gasteiger partial charge in [-0.3, -0.25) is 10.1 Å². The summed E-state index contributed by atoms with van der Waals surface area (Å²) in [6.45, 7) is 0.193. The van der Waals surface area contributed by atoms with E-state index in [2.05, 4.69) is 10.6 Å². The predicted molar refractivity (Wildman–Crippen MR) is 137 cm³/mol. The third kappa shape index (κ3) is 6.19. The molecular formula is C28H23ClN2O4. The van der Waals surface area contributed by atoms with Gasteiger partial charge in [0.05, 0.1) is 7.11 Å². The quantitative estimate of drug-likeness (QED) is 0.310. The van der Waals surface area contributed by atoms with Gasteiger partial charge >= 0.3 is 6.03 Å². The molecule has 0 atom stereocenters. The molecule has 0 aliphatic rings. The Morgan fingerprint density at radius 3 is 2.31 bits per heavy atom. The van der Waals surface area contributed by atoms with Gasteiger partial charge in [-0.15, -0.1) is 0 Å². The van der Waals surface area contributed by atoms with Crippen molar-refractivity contribution < 1.29 is 19.1 Å². The number of amides is 3. The van der Waals surface area contributed by atoms with E-state index in [1.807, 2.05) is 54.6 Å². The molecule has 2 N–H and O–H groups in total. The average molecular weight is 487 g/mol. The van der Waals surface area contributed by atoms with Crippen LogP contribution in [0.25, 0.3) is 11.1 Å². The minimum absolute atomic E-state index is 0.193. The second kappa shape index (κ2) is 11.2. The van der Waals surface area contributed by atoms with E-state index >= 15 is 0 Å². The van der Waals surface area contributed by atoms with Crippen LogP contribution in [0.1, 0.15) is 15.9 Å². The number of carbonyl (C=O) groups is 2. The summed E-state index contributed by atoms with van der Waals surface area (Å²) in [5.41, 5.74) is 3.26. The molecular weight excluding hydrogens is 464 g/mol. The first-order valence-corrected chi connectivity index (χ1v) is 11.2. The molecule has 4 aromatic carbocycles. The molecule has 0 bridgehead atoms. The highest BCUT2D eigenvalue weighted by atomic mass is 35.5. The Hall–Kier alpha value is -4.29. The largest absolute Gasteiger partial charge is 0.496 e. The molecule has 7 heteroatoms. The summed E-state index contributed by atoms with van der Waals surface area (Å²) in [4.78, 5) is 25.4. The van der Waals surface area contributed by atoms with Crippen LogP contribution in [-0.2, 0) is 6.61 Å². The Labute approximate surface area is 208 Å². The van der Waals surface area contributed by atoms with Gasteiger partial charge < -0.3 is 14.8 Å². The lowest BCUT2D eigenvalue weighted by atomic mass is 10.0. The van der Waals surface area contributed by atoms with Gasteiger partial charge in [-0.05, 0) is 48.0 Å². The zero-order chi connectivity index (χ0) is 24.6. The van der Waals surface area contributed by atoms with Gasteiger partial charge in [-0.25, -0.2) is 4.79 Å². The molecule has 0 aromatic heterocycles. The van der Waals surface area contributed by atoms with Crippen LogP contribution in [0.4, 0.5) is 10.5 Å². The standard InChI is InChI=1S/C28H23ClN2O4/c1-34-26-17-22(15-16-24(26)19-11-13-21(29)14-12-19)30-28(33)31-27(32)25-10-6-5-7-20(25)18-35-23-8-3-2-4-9-23/h2-17H,18H2,1H3,(H2,30,31,32,33). The maximum absolute atomic E-state index is 12.8. The van der Waals surface area contributed by atoms with Gasteiger partial charge in [0, 0.05) is 33.5 Å². The predicted octanol–water partition coefficient (Wildman–Crippen LogP) is 6.56. The van der Waals surface area contributed by atoms with E-state index in [1.54, 1.807) is 49.6 Å². The molecule has 3 amide bonds. The van der Waals surface area contributed by atoms with E-state index in [9.17, 15) is 9.59 Å². The number of urea groups is 1. The molecule has 0 saturated carbocycles. The summed E-state index contributed by atoms with van der Waals surface area (Å²) in [7, 11) is 1.55. The van der Waals surface area contributed by atoms with Crippen molar-refractivity contribution in [2.24, 2.45) is 0 Å². The molecule has 176 valence electrons. The fourth-order valence-corrected chi connectivity index (χ4v) is 3.64. The highest BCUT2D eigenvalue weighted by molar-refractivity contribution is 6.30. The lowest BCUT2D eigenvalue weighted by Gasteiger charge is -2.13. The third-order valence-electron chi connectivity index (χ3n) is 5.24. The Morgan fingerprint density at radius 1 is 0.857 bits per heavy atom. The Balaban J connectivity index is 1.42. The van der Waals surface area contributed by atoms with Crippen LogP contribution in [0.5, 0.6) is 11.5 Å². The van der Waals surface area contributed by atoms with E-state index in [0.29, 0.717) is 33.3 Å². The minimum Gasteiger partial charge on any atom is -0.496 e. The number of halogens is 1. The number of methoxy groups -OCH3 is 1. The van der Waals surface area contributed by atoms with E-state index in [4.69, 9.17) is 21.1 Å². The fraction of sp³-hybridized carbons (Fsp3) is 0.0714. The van der Waals surface area contributed by atoms with E-state index < -0.39 is 11.9 Å². The van der Waals surface area contributed by atoms with Gasteiger partial charge in [0.15, 0.2) is 0 Å². The topological polar surface area (TPSA) is 76.7 Å². The molecule has 4 aromatic rings. The first kappa shape index (κ1) is 23.9. The van der Waals surface area contributed by atoms with Crippen molar-refractivity contribution in [1.82, 2.24) is 5.32 Å². The molecule has 0 heterocycles. The van der Waals surface area contributed by atoms with E-state index in [1.165, 1.54) is 0 Å². The van der Waals surface area contributed by atoms with Gasteiger partial charge in [-0.1, -0.05) is 60.1 Å². The molecule has 0 fully saturated rings. The molecule has 0 unspecified atom stereocenters. The number of hydrogen-bond donors (Lipinski definition) is 2. The fourth-order valence-electron chi connectivity index (χ4n) is 3.52. The maximum atomic E-state index is 12.8. The smallest absolute Gasteiger partial charge is 0.326 e. The summed E-state index contributed by atoms with van der Waals surface area (Å²) in [6.07, 6.45) is 0. The van der Waals surface area contributed by atoms with Crippen LogP contribution < -0.4 is 20.1 Å². The summed E-state index contributed by atoms with van der Waals surface area (Å²) < 4.78 is 11.3. The second-order valence-electron chi connectivity index (χ2n) is 7.59. The van der Waals surface area contributed by atoms with Crippen molar-refractivity contribution >= 4 is 29.2 Å². The highest BCUT2D eigenvalue weighted by Gasteiger charge is 2.15. The van der Waals surface area contributed by atoms with Crippen LogP contribution in [-0.4, -0.2) is 19.0 Å². The lowest BCUT2D eigenvalue weighted by molar-refractivity contribution is 0.0964. The van der Waals surface area contributed by atoms with Crippen molar-refractivity contribution in [2.45, 2.75) is 6.61 Å². The number of imide groups is 1. The molecule has 0 aliphatic heterocycles. The van der Waals surface area contributed by atoms with Crippen molar-refractivity contribution in [1.29, 1.82) is 0 Å². The van der Waals surface area contributed by atoms with Crippen molar-refractivity contribution in [2.75, 3.05) is 12.4 Å². The third-order valence-corrected chi connectivity index (χ3v) is 5.49. The van der Waals surface area contributed by atoms with Crippen molar-refractivity contribution in [3.05, 3.63) is 113 Å². The number of carbonyl (C=O) groups excluding carboxylic acids is 2. The minimum atomic E-state index is -0.657. The molecule has 0 radical (unpaired) electrons. The summed E-state index contributed by atoms with van der Waals surface area (Å²) >= 11 is 5.98. The second-order valence-corrected chi connectivity index (χ2v) is 8.03. The first-order chi connectivity index (χ1) is 17.0. The highest BCUT2D eigenvalue weighted by Crippen LogP contribution is 2.33. The van der Waals surface area contributed by atoms with Crippen LogP contribution in [0, 0.1) is 0 Å². The van der Waals surface area contributed by atoms with Crippen molar-refractivity contribution in [3.8, 4) is 22.6 Å². The lowest BCUT2D eigenvalue weighted by Crippen LogP contribution is -2.35. The summed E-state index contributed by atoms with van der Waals surface area (Å²) in [5, 5.41) is 5.69. The van der Waals surface area contributed by atoms with Gasteiger partial charge in [0.1, 0.15) is 18.1 Å². The van der Waals surface area contributed by atoms with Gasteiger partial charge in [-0.2, -0.15) is 0 Å².